The molecule has 1 aromatic carbocycles. The summed E-state index contributed by atoms with van der Waals surface area (Å²) in [6.07, 6.45) is -3.39. The zero-order valence-electron chi connectivity index (χ0n) is 9.53. The van der Waals surface area contributed by atoms with Gasteiger partial charge in [-0.15, -0.1) is 0 Å². The number of benzene rings is 1. The molecule has 1 heterocycles. The SMILES string of the molecule is O=C(O)c1cnc2ccccc2c1NCC(F)(F)F. The van der Waals surface area contributed by atoms with E-state index in [4.69, 9.17) is 5.11 Å². The lowest BCUT2D eigenvalue weighted by Crippen LogP contribution is -2.22. The molecule has 2 aromatic rings. The lowest BCUT2D eigenvalue weighted by Gasteiger charge is -2.14. The lowest BCUT2D eigenvalue weighted by molar-refractivity contribution is -0.115. The number of carboxylic acids is 1. The van der Waals surface area contributed by atoms with Crippen LogP contribution in [-0.4, -0.2) is 28.8 Å². The van der Waals surface area contributed by atoms with E-state index in [9.17, 15) is 18.0 Å². The molecule has 2 N–H and O–H groups in total. The van der Waals surface area contributed by atoms with E-state index in [2.05, 4.69) is 10.3 Å². The summed E-state index contributed by atoms with van der Waals surface area (Å²) in [6.45, 7) is -1.30. The first-order chi connectivity index (χ1) is 8.88. The van der Waals surface area contributed by atoms with E-state index in [1.807, 2.05) is 0 Å². The Balaban J connectivity index is 2.53. The Hall–Kier alpha value is -2.31. The van der Waals surface area contributed by atoms with Gasteiger partial charge in [-0.1, -0.05) is 18.2 Å². The summed E-state index contributed by atoms with van der Waals surface area (Å²) in [7, 11) is 0. The number of halogens is 3. The summed E-state index contributed by atoms with van der Waals surface area (Å²) in [6, 6.07) is 6.39. The molecule has 0 spiro atoms. The number of aromatic carboxylic acids is 1. The maximum atomic E-state index is 12.2. The number of hydrogen-bond donors (Lipinski definition) is 2. The Kier molecular flexibility index (Phi) is 3.28. The van der Waals surface area contributed by atoms with Gasteiger partial charge in [0.2, 0.25) is 0 Å². The van der Waals surface area contributed by atoms with Crippen molar-refractivity contribution in [3.63, 3.8) is 0 Å². The number of anilines is 1. The Labute approximate surface area is 105 Å². The van der Waals surface area contributed by atoms with E-state index in [1.54, 1.807) is 18.2 Å². The molecule has 4 nitrogen and oxygen atoms in total. The van der Waals surface area contributed by atoms with Crippen LogP contribution in [0.4, 0.5) is 18.9 Å². The van der Waals surface area contributed by atoms with Crippen molar-refractivity contribution in [2.24, 2.45) is 0 Å². The average Bonchev–Trinajstić information content (AvgIpc) is 2.34. The highest BCUT2D eigenvalue weighted by Crippen LogP contribution is 2.27. The van der Waals surface area contributed by atoms with Gasteiger partial charge in [-0.25, -0.2) is 4.79 Å². The van der Waals surface area contributed by atoms with Crippen LogP contribution in [0.25, 0.3) is 10.9 Å². The van der Waals surface area contributed by atoms with Gasteiger partial charge < -0.3 is 10.4 Å². The highest BCUT2D eigenvalue weighted by molar-refractivity contribution is 6.04. The molecule has 2 rings (SSSR count). The molecule has 0 saturated heterocycles. The summed E-state index contributed by atoms with van der Waals surface area (Å²) in [4.78, 5) is 14.9. The molecule has 0 amide bonds. The van der Waals surface area contributed by atoms with Crippen LogP contribution in [0.1, 0.15) is 10.4 Å². The quantitative estimate of drug-likeness (QED) is 0.900. The van der Waals surface area contributed by atoms with Gasteiger partial charge >= 0.3 is 12.1 Å². The van der Waals surface area contributed by atoms with Crippen molar-refractivity contribution in [1.29, 1.82) is 0 Å². The highest BCUT2D eigenvalue weighted by atomic mass is 19.4. The van der Waals surface area contributed by atoms with Gasteiger partial charge in [0.15, 0.2) is 0 Å². The topological polar surface area (TPSA) is 62.2 Å². The minimum absolute atomic E-state index is 0.0737. The summed E-state index contributed by atoms with van der Waals surface area (Å²) in [5.74, 6) is -1.33. The number of pyridine rings is 1. The zero-order valence-corrected chi connectivity index (χ0v) is 9.53. The highest BCUT2D eigenvalue weighted by Gasteiger charge is 2.28. The number of nitrogens with zero attached hydrogens (tertiary/aromatic N) is 1. The number of alkyl halides is 3. The first kappa shape index (κ1) is 13.1. The van der Waals surface area contributed by atoms with E-state index in [0.717, 1.165) is 6.20 Å². The largest absolute Gasteiger partial charge is 0.478 e. The van der Waals surface area contributed by atoms with E-state index >= 15 is 0 Å². The summed E-state index contributed by atoms with van der Waals surface area (Å²) < 4.78 is 36.7. The number of carbonyl (C=O) groups is 1. The van der Waals surface area contributed by atoms with Crippen LogP contribution in [0, 0.1) is 0 Å². The van der Waals surface area contributed by atoms with Crippen LogP contribution < -0.4 is 5.32 Å². The summed E-state index contributed by atoms with van der Waals surface area (Å²) >= 11 is 0. The molecule has 0 aliphatic rings. The van der Waals surface area contributed by atoms with Crippen molar-refractivity contribution in [2.75, 3.05) is 11.9 Å². The molecule has 100 valence electrons. The van der Waals surface area contributed by atoms with E-state index in [-0.39, 0.29) is 11.3 Å². The number of para-hydroxylation sites is 1. The van der Waals surface area contributed by atoms with Crippen LogP contribution in [0.15, 0.2) is 30.5 Å². The minimum Gasteiger partial charge on any atom is -0.478 e. The van der Waals surface area contributed by atoms with Gasteiger partial charge in [0, 0.05) is 11.6 Å². The molecule has 0 radical (unpaired) electrons. The molecule has 0 atom stereocenters. The second-order valence-corrected chi connectivity index (χ2v) is 3.84. The molecule has 0 unspecified atom stereocenters. The number of rotatable bonds is 3. The first-order valence-corrected chi connectivity index (χ1v) is 5.30. The Morgan fingerprint density at radius 2 is 2.00 bits per heavy atom. The molecular formula is C12H9F3N2O2. The molecule has 0 saturated carbocycles. The molecule has 7 heteroatoms. The number of hydrogen-bond acceptors (Lipinski definition) is 3. The lowest BCUT2D eigenvalue weighted by atomic mass is 10.1. The maximum Gasteiger partial charge on any atom is 0.405 e. The zero-order chi connectivity index (χ0) is 14.0. The minimum atomic E-state index is -4.43. The number of fused-ring (bicyclic) bond motifs is 1. The van der Waals surface area contributed by atoms with Gasteiger partial charge in [-0.3, -0.25) is 4.98 Å². The van der Waals surface area contributed by atoms with Crippen molar-refractivity contribution in [2.45, 2.75) is 6.18 Å². The third-order valence-corrected chi connectivity index (χ3v) is 2.47. The van der Waals surface area contributed by atoms with Crippen molar-refractivity contribution in [3.05, 3.63) is 36.0 Å². The fourth-order valence-electron chi connectivity index (χ4n) is 1.68. The number of carboxylic acid groups (broad SMARTS) is 1. The second-order valence-electron chi connectivity index (χ2n) is 3.84. The van der Waals surface area contributed by atoms with Gasteiger partial charge in [-0.2, -0.15) is 13.2 Å². The predicted molar refractivity (Wildman–Crippen MR) is 63.2 cm³/mol. The molecule has 1 aromatic heterocycles. The Morgan fingerprint density at radius 3 is 2.63 bits per heavy atom. The Bertz CT molecular complexity index is 626. The summed E-state index contributed by atoms with van der Waals surface area (Å²) in [5, 5.41) is 11.5. The molecular weight excluding hydrogens is 261 g/mol. The second kappa shape index (κ2) is 4.75. The molecule has 0 aliphatic carbocycles. The van der Waals surface area contributed by atoms with Gasteiger partial charge in [0.25, 0.3) is 0 Å². The fourth-order valence-corrected chi connectivity index (χ4v) is 1.68. The summed E-state index contributed by atoms with van der Waals surface area (Å²) in [5.41, 5.74) is 0.0653. The van der Waals surface area contributed by atoms with Gasteiger partial charge in [0.1, 0.15) is 12.1 Å². The third-order valence-electron chi connectivity index (χ3n) is 2.47. The predicted octanol–water partition coefficient (Wildman–Crippen LogP) is 2.91. The van der Waals surface area contributed by atoms with Crippen molar-refractivity contribution < 1.29 is 23.1 Å². The number of nitrogens with one attached hydrogen (secondary N) is 1. The van der Waals surface area contributed by atoms with Gasteiger partial charge in [0.05, 0.1) is 11.2 Å². The Morgan fingerprint density at radius 1 is 1.32 bits per heavy atom. The van der Waals surface area contributed by atoms with E-state index in [0.29, 0.717) is 10.9 Å². The van der Waals surface area contributed by atoms with E-state index in [1.165, 1.54) is 6.07 Å². The van der Waals surface area contributed by atoms with Crippen LogP contribution in [0.5, 0.6) is 0 Å². The third kappa shape index (κ3) is 2.93. The standard InChI is InChI=1S/C12H9F3N2O2/c13-12(14,15)6-17-10-7-3-1-2-4-9(7)16-5-8(10)11(18)19/h1-5H,6H2,(H,16,17)(H,18,19). The smallest absolute Gasteiger partial charge is 0.405 e. The van der Waals surface area contributed by atoms with Crippen molar-refractivity contribution >= 4 is 22.6 Å². The number of aromatic nitrogens is 1. The average molecular weight is 270 g/mol. The van der Waals surface area contributed by atoms with Crippen LogP contribution in [0.3, 0.4) is 0 Å². The molecule has 0 aliphatic heterocycles. The van der Waals surface area contributed by atoms with Gasteiger partial charge in [-0.05, 0) is 6.07 Å². The molecule has 0 fully saturated rings. The van der Waals surface area contributed by atoms with Crippen LogP contribution >= 0.6 is 0 Å². The molecule has 19 heavy (non-hydrogen) atoms. The van der Waals surface area contributed by atoms with Crippen molar-refractivity contribution in [3.8, 4) is 0 Å². The molecule has 0 bridgehead atoms. The van der Waals surface area contributed by atoms with Crippen LogP contribution in [0.2, 0.25) is 0 Å². The fraction of sp³-hybridized carbons (Fsp3) is 0.167. The van der Waals surface area contributed by atoms with E-state index < -0.39 is 18.7 Å². The normalized spacial score (nSPS) is 11.5. The first-order valence-electron chi connectivity index (χ1n) is 5.30. The monoisotopic (exact) mass is 270 g/mol. The maximum absolute atomic E-state index is 12.2. The van der Waals surface area contributed by atoms with Crippen molar-refractivity contribution in [1.82, 2.24) is 4.98 Å². The van der Waals surface area contributed by atoms with Crippen LogP contribution in [-0.2, 0) is 0 Å².